The van der Waals surface area contributed by atoms with E-state index in [1.165, 1.54) is 4.88 Å². The van der Waals surface area contributed by atoms with Gasteiger partial charge in [0, 0.05) is 22.0 Å². The van der Waals surface area contributed by atoms with E-state index in [0.29, 0.717) is 17.4 Å². The molecule has 0 saturated carbocycles. The zero-order valence-electron chi connectivity index (χ0n) is 14.7. The van der Waals surface area contributed by atoms with Crippen molar-refractivity contribution in [1.82, 2.24) is 14.7 Å². The molecule has 0 aliphatic carbocycles. The first kappa shape index (κ1) is 18.6. The van der Waals surface area contributed by atoms with Crippen molar-refractivity contribution in [2.24, 2.45) is 0 Å². The second kappa shape index (κ2) is 8.49. The van der Waals surface area contributed by atoms with Crippen LogP contribution in [0.2, 0.25) is 5.02 Å². The highest BCUT2D eigenvalue weighted by atomic mass is 35.5. The minimum Gasteiger partial charge on any atom is -0.310 e. The average Bonchev–Trinajstić information content (AvgIpc) is 3.28. The van der Waals surface area contributed by atoms with Gasteiger partial charge in [0.1, 0.15) is 5.82 Å². The summed E-state index contributed by atoms with van der Waals surface area (Å²) in [5.74, 6) is 0.636. The lowest BCUT2D eigenvalue weighted by atomic mass is 10.1. The highest BCUT2D eigenvalue weighted by molar-refractivity contribution is 7.09. The Hall–Kier alpha value is -2.15. The van der Waals surface area contributed by atoms with Crippen molar-refractivity contribution >= 4 is 34.7 Å². The van der Waals surface area contributed by atoms with Crippen molar-refractivity contribution in [2.75, 3.05) is 18.9 Å². The van der Waals surface area contributed by atoms with E-state index < -0.39 is 0 Å². The Labute approximate surface area is 162 Å². The lowest BCUT2D eigenvalue weighted by Crippen LogP contribution is -2.32. The Morgan fingerprint density at radius 2 is 2.08 bits per heavy atom. The number of nitrogens with zero attached hydrogens (tertiary/aromatic N) is 3. The van der Waals surface area contributed by atoms with Crippen LogP contribution in [0.4, 0.5) is 5.82 Å². The first-order valence-electron chi connectivity index (χ1n) is 8.32. The lowest BCUT2D eigenvalue weighted by Gasteiger charge is -2.24. The minimum atomic E-state index is -0.0683. The van der Waals surface area contributed by atoms with Crippen molar-refractivity contribution in [3.63, 3.8) is 0 Å². The summed E-state index contributed by atoms with van der Waals surface area (Å²) in [5.41, 5.74) is 1.12. The maximum atomic E-state index is 12.5. The molecule has 0 aliphatic heterocycles. The summed E-state index contributed by atoms with van der Waals surface area (Å²) in [6.07, 6.45) is 1.70. The van der Waals surface area contributed by atoms with Gasteiger partial charge < -0.3 is 5.32 Å². The Morgan fingerprint density at radius 1 is 1.31 bits per heavy atom. The van der Waals surface area contributed by atoms with Crippen molar-refractivity contribution in [2.45, 2.75) is 19.5 Å². The quantitative estimate of drug-likeness (QED) is 0.657. The topological polar surface area (TPSA) is 50.2 Å². The van der Waals surface area contributed by atoms with Crippen molar-refractivity contribution in [3.05, 3.63) is 69.5 Å². The molecule has 0 fully saturated rings. The predicted octanol–water partition coefficient (Wildman–Crippen LogP) is 4.28. The molecular weight excluding hydrogens is 368 g/mol. The van der Waals surface area contributed by atoms with Crippen molar-refractivity contribution in [3.8, 4) is 0 Å². The number of hydrogen-bond donors (Lipinski definition) is 1. The molecule has 1 atom stereocenters. The smallest absolute Gasteiger partial charge is 0.239 e. The SMILES string of the molecule is CC(c1ccc(Cl)cc1)N(C)CC(=O)Nc1ccnn1Cc1cccs1. The van der Waals surface area contributed by atoms with Gasteiger partial charge in [-0.1, -0.05) is 29.8 Å². The highest BCUT2D eigenvalue weighted by Gasteiger charge is 2.16. The molecule has 3 aromatic rings. The number of halogens is 1. The number of anilines is 1. The van der Waals surface area contributed by atoms with E-state index >= 15 is 0 Å². The molecule has 1 N–H and O–H groups in total. The summed E-state index contributed by atoms with van der Waals surface area (Å²) >= 11 is 7.61. The van der Waals surface area contributed by atoms with Gasteiger partial charge in [0.05, 0.1) is 19.3 Å². The number of aromatic nitrogens is 2. The molecule has 0 bridgehead atoms. The maximum absolute atomic E-state index is 12.5. The summed E-state index contributed by atoms with van der Waals surface area (Å²) in [7, 11) is 1.93. The largest absolute Gasteiger partial charge is 0.310 e. The summed E-state index contributed by atoms with van der Waals surface area (Å²) in [6.45, 7) is 3.00. The molecule has 5 nitrogen and oxygen atoms in total. The van der Waals surface area contributed by atoms with Crippen LogP contribution in [0.5, 0.6) is 0 Å². The van der Waals surface area contributed by atoms with E-state index in [9.17, 15) is 4.79 Å². The maximum Gasteiger partial charge on any atom is 0.239 e. The Balaban J connectivity index is 1.58. The van der Waals surface area contributed by atoms with E-state index in [2.05, 4.69) is 23.4 Å². The fourth-order valence-corrected chi connectivity index (χ4v) is 3.47. The van der Waals surface area contributed by atoms with Crippen LogP contribution in [0.25, 0.3) is 0 Å². The fourth-order valence-electron chi connectivity index (χ4n) is 2.66. The van der Waals surface area contributed by atoms with Crippen LogP contribution in [0.3, 0.4) is 0 Å². The van der Waals surface area contributed by atoms with E-state index in [4.69, 9.17) is 11.6 Å². The van der Waals surface area contributed by atoms with Gasteiger partial charge in [-0.3, -0.25) is 9.69 Å². The standard InChI is InChI=1S/C19H21ClN4OS/c1-14(15-5-7-16(20)8-6-15)23(2)13-19(25)22-18-9-10-21-24(18)12-17-4-3-11-26-17/h3-11,14H,12-13H2,1-2H3,(H,22,25). The summed E-state index contributed by atoms with van der Waals surface area (Å²) in [6, 6.07) is 13.7. The summed E-state index contributed by atoms with van der Waals surface area (Å²) < 4.78 is 1.80. The summed E-state index contributed by atoms with van der Waals surface area (Å²) in [4.78, 5) is 15.6. The second-order valence-corrected chi connectivity index (χ2v) is 7.61. The van der Waals surface area contributed by atoms with Crippen LogP contribution in [0, 0.1) is 0 Å². The first-order chi connectivity index (χ1) is 12.5. The van der Waals surface area contributed by atoms with Gasteiger partial charge in [-0.15, -0.1) is 11.3 Å². The second-order valence-electron chi connectivity index (χ2n) is 6.14. The molecule has 0 saturated heterocycles. The molecule has 0 aliphatic rings. The van der Waals surface area contributed by atoms with Gasteiger partial charge in [-0.2, -0.15) is 5.10 Å². The molecule has 2 heterocycles. The Kier molecular flexibility index (Phi) is 6.08. The number of hydrogen-bond acceptors (Lipinski definition) is 4. The van der Waals surface area contributed by atoms with Crippen LogP contribution in [-0.2, 0) is 11.3 Å². The van der Waals surface area contributed by atoms with E-state index in [-0.39, 0.29) is 18.5 Å². The number of rotatable bonds is 7. The molecule has 1 unspecified atom stereocenters. The number of likely N-dealkylation sites (N-methyl/N-ethyl adjacent to an activating group) is 1. The normalized spacial score (nSPS) is 12.3. The molecular formula is C19H21ClN4OS. The minimum absolute atomic E-state index is 0.0683. The third-order valence-electron chi connectivity index (χ3n) is 4.28. The number of carbonyl (C=O) groups excluding carboxylic acids is 1. The van der Waals surface area contributed by atoms with Gasteiger partial charge >= 0.3 is 0 Å². The lowest BCUT2D eigenvalue weighted by molar-refractivity contribution is -0.117. The number of amides is 1. The molecule has 0 spiro atoms. The van der Waals surface area contributed by atoms with Gasteiger partial charge in [-0.25, -0.2) is 4.68 Å². The first-order valence-corrected chi connectivity index (χ1v) is 9.58. The number of nitrogens with one attached hydrogen (secondary N) is 1. The monoisotopic (exact) mass is 388 g/mol. The predicted molar refractivity (Wildman–Crippen MR) is 107 cm³/mol. The van der Waals surface area contributed by atoms with Crippen LogP contribution in [0.1, 0.15) is 23.4 Å². The molecule has 1 amide bonds. The third kappa shape index (κ3) is 4.72. The van der Waals surface area contributed by atoms with Gasteiger partial charge in [0.2, 0.25) is 5.91 Å². The molecule has 7 heteroatoms. The van der Waals surface area contributed by atoms with Crippen LogP contribution in [-0.4, -0.2) is 34.2 Å². The fraction of sp³-hybridized carbons (Fsp3) is 0.263. The molecule has 3 rings (SSSR count). The van der Waals surface area contributed by atoms with Gasteiger partial charge in [-0.05, 0) is 43.1 Å². The van der Waals surface area contributed by atoms with Crippen LogP contribution >= 0.6 is 22.9 Å². The molecule has 1 aromatic carbocycles. The van der Waals surface area contributed by atoms with E-state index in [1.807, 2.05) is 53.7 Å². The number of benzene rings is 1. The van der Waals surface area contributed by atoms with E-state index in [0.717, 1.165) is 5.56 Å². The molecule has 2 aromatic heterocycles. The Morgan fingerprint density at radius 3 is 2.77 bits per heavy atom. The van der Waals surface area contributed by atoms with Crippen LogP contribution < -0.4 is 5.32 Å². The van der Waals surface area contributed by atoms with Crippen molar-refractivity contribution in [1.29, 1.82) is 0 Å². The van der Waals surface area contributed by atoms with Crippen molar-refractivity contribution < 1.29 is 4.79 Å². The number of thiophene rings is 1. The zero-order chi connectivity index (χ0) is 18.5. The third-order valence-corrected chi connectivity index (χ3v) is 5.39. The molecule has 26 heavy (non-hydrogen) atoms. The number of carbonyl (C=O) groups is 1. The zero-order valence-corrected chi connectivity index (χ0v) is 16.3. The highest BCUT2D eigenvalue weighted by Crippen LogP contribution is 2.21. The molecule has 136 valence electrons. The van der Waals surface area contributed by atoms with Gasteiger partial charge in [0.25, 0.3) is 0 Å². The molecule has 0 radical (unpaired) electrons. The van der Waals surface area contributed by atoms with Gasteiger partial charge in [0.15, 0.2) is 0 Å². The summed E-state index contributed by atoms with van der Waals surface area (Å²) in [5, 5.41) is 9.99. The average molecular weight is 389 g/mol. The Bertz CT molecular complexity index is 845. The van der Waals surface area contributed by atoms with E-state index in [1.54, 1.807) is 22.2 Å². The van der Waals surface area contributed by atoms with Crippen LogP contribution in [0.15, 0.2) is 54.0 Å².